The Labute approximate surface area is 186 Å². The summed E-state index contributed by atoms with van der Waals surface area (Å²) < 4.78 is 1.97. The van der Waals surface area contributed by atoms with Crippen LogP contribution in [0.1, 0.15) is 23.2 Å². The summed E-state index contributed by atoms with van der Waals surface area (Å²) in [6.07, 6.45) is 3.14. The molecule has 28 heavy (non-hydrogen) atoms. The van der Waals surface area contributed by atoms with Crippen molar-refractivity contribution < 1.29 is 0 Å². The third-order valence-electron chi connectivity index (χ3n) is 4.71. The van der Waals surface area contributed by atoms with Gasteiger partial charge in [0.1, 0.15) is 6.54 Å². The number of fused-ring (bicyclic) bond motifs is 2. The SMILES string of the molecule is CCNC(=NCc1nnc2ccccn12)NCCN1CCc2sccc2C1.I. The molecule has 0 radical (unpaired) electrons. The summed E-state index contributed by atoms with van der Waals surface area (Å²) in [5, 5.41) is 17.4. The first-order valence-electron chi connectivity index (χ1n) is 9.42. The lowest BCUT2D eigenvalue weighted by Crippen LogP contribution is -2.42. The highest BCUT2D eigenvalue weighted by molar-refractivity contribution is 14.0. The van der Waals surface area contributed by atoms with Gasteiger partial charge in [0.2, 0.25) is 0 Å². The molecule has 0 saturated heterocycles. The smallest absolute Gasteiger partial charge is 0.191 e. The normalized spacial score (nSPS) is 14.5. The van der Waals surface area contributed by atoms with Crippen LogP contribution >= 0.6 is 35.3 Å². The Morgan fingerprint density at radius 3 is 3.07 bits per heavy atom. The second-order valence-corrected chi connectivity index (χ2v) is 7.56. The minimum atomic E-state index is 0. The lowest BCUT2D eigenvalue weighted by molar-refractivity contribution is 0.260. The molecule has 2 N–H and O–H groups in total. The molecule has 0 aliphatic carbocycles. The maximum absolute atomic E-state index is 4.67. The van der Waals surface area contributed by atoms with Gasteiger partial charge in [0, 0.05) is 43.8 Å². The fraction of sp³-hybridized carbons (Fsp3) is 0.421. The number of pyridine rings is 1. The topological polar surface area (TPSA) is 69.8 Å². The minimum Gasteiger partial charge on any atom is -0.357 e. The molecule has 9 heteroatoms. The fourth-order valence-electron chi connectivity index (χ4n) is 3.32. The molecule has 0 amide bonds. The van der Waals surface area contributed by atoms with Crippen LogP contribution in [-0.4, -0.2) is 51.6 Å². The van der Waals surface area contributed by atoms with E-state index in [-0.39, 0.29) is 24.0 Å². The monoisotopic (exact) mass is 511 g/mol. The number of rotatable bonds is 6. The third kappa shape index (κ3) is 5.00. The molecule has 4 rings (SSSR count). The van der Waals surface area contributed by atoms with Crippen molar-refractivity contribution in [2.45, 2.75) is 26.4 Å². The molecule has 4 heterocycles. The minimum absolute atomic E-state index is 0. The molecule has 150 valence electrons. The quantitative estimate of drug-likeness (QED) is 0.303. The molecule has 0 saturated carbocycles. The van der Waals surface area contributed by atoms with Crippen LogP contribution in [0.2, 0.25) is 0 Å². The molecule has 1 aliphatic rings. The van der Waals surface area contributed by atoms with E-state index in [1.807, 2.05) is 40.1 Å². The number of hydrogen-bond donors (Lipinski definition) is 2. The van der Waals surface area contributed by atoms with Crippen molar-refractivity contribution >= 4 is 46.9 Å². The van der Waals surface area contributed by atoms with Gasteiger partial charge in [0.15, 0.2) is 17.4 Å². The molecule has 7 nitrogen and oxygen atoms in total. The predicted octanol–water partition coefficient (Wildman–Crippen LogP) is 2.52. The van der Waals surface area contributed by atoms with Crippen molar-refractivity contribution in [3.05, 3.63) is 52.1 Å². The maximum Gasteiger partial charge on any atom is 0.191 e. The average Bonchev–Trinajstić information content (AvgIpc) is 3.32. The van der Waals surface area contributed by atoms with Gasteiger partial charge in [-0.05, 0) is 42.5 Å². The Bertz CT molecular complexity index is 920. The molecule has 3 aromatic rings. The van der Waals surface area contributed by atoms with Gasteiger partial charge in [0.05, 0.1) is 0 Å². The summed E-state index contributed by atoms with van der Waals surface area (Å²) in [5.74, 6) is 1.65. The molecule has 0 bridgehead atoms. The maximum atomic E-state index is 4.67. The first-order valence-corrected chi connectivity index (χ1v) is 10.3. The Morgan fingerprint density at radius 1 is 1.25 bits per heavy atom. The third-order valence-corrected chi connectivity index (χ3v) is 5.74. The number of guanidine groups is 1. The second kappa shape index (κ2) is 10.2. The highest BCUT2D eigenvalue weighted by Gasteiger charge is 2.16. The van der Waals surface area contributed by atoms with Crippen LogP contribution in [0.4, 0.5) is 0 Å². The molecule has 0 fully saturated rings. The van der Waals surface area contributed by atoms with Crippen molar-refractivity contribution in [1.29, 1.82) is 0 Å². The standard InChI is InChI=1S/C19H25N7S.HI/c1-2-20-19(22-13-18-24-23-17-5-3-4-9-26(17)18)21-8-11-25-10-6-16-15(14-25)7-12-27-16;/h3-5,7,9,12H,2,6,8,10-11,13-14H2,1H3,(H2,20,21,22);1H. The van der Waals surface area contributed by atoms with Crippen molar-refractivity contribution in [2.24, 2.45) is 4.99 Å². The lowest BCUT2D eigenvalue weighted by atomic mass is 10.1. The molecular formula is C19H26IN7S. The summed E-state index contributed by atoms with van der Waals surface area (Å²) in [5.41, 5.74) is 2.34. The van der Waals surface area contributed by atoms with Crippen LogP contribution in [0, 0.1) is 0 Å². The van der Waals surface area contributed by atoms with Crippen LogP contribution < -0.4 is 10.6 Å². The zero-order valence-electron chi connectivity index (χ0n) is 16.0. The van der Waals surface area contributed by atoms with Crippen LogP contribution in [-0.2, 0) is 19.5 Å². The number of halogens is 1. The molecule has 0 aromatic carbocycles. The summed E-state index contributed by atoms with van der Waals surface area (Å²) in [6, 6.07) is 8.14. The summed E-state index contributed by atoms with van der Waals surface area (Å²) in [7, 11) is 0. The predicted molar refractivity (Wildman–Crippen MR) is 125 cm³/mol. The Kier molecular flexibility index (Phi) is 7.63. The number of nitrogens with zero attached hydrogens (tertiary/aromatic N) is 5. The van der Waals surface area contributed by atoms with E-state index in [1.165, 1.54) is 12.0 Å². The van der Waals surface area contributed by atoms with E-state index in [2.05, 4.69) is 49.1 Å². The van der Waals surface area contributed by atoms with Crippen molar-refractivity contribution in [2.75, 3.05) is 26.2 Å². The zero-order valence-corrected chi connectivity index (χ0v) is 19.1. The van der Waals surface area contributed by atoms with E-state index >= 15 is 0 Å². The first kappa shape index (κ1) is 21.0. The van der Waals surface area contributed by atoms with E-state index in [9.17, 15) is 0 Å². The largest absolute Gasteiger partial charge is 0.357 e. The van der Waals surface area contributed by atoms with Crippen molar-refractivity contribution in [1.82, 2.24) is 30.1 Å². The van der Waals surface area contributed by atoms with Gasteiger partial charge in [-0.1, -0.05) is 6.07 Å². The second-order valence-electron chi connectivity index (χ2n) is 6.56. The lowest BCUT2D eigenvalue weighted by Gasteiger charge is -2.27. The highest BCUT2D eigenvalue weighted by Crippen LogP contribution is 2.23. The summed E-state index contributed by atoms with van der Waals surface area (Å²) >= 11 is 1.88. The Hall–Kier alpha value is -1.72. The number of aromatic nitrogens is 3. The summed E-state index contributed by atoms with van der Waals surface area (Å²) in [6.45, 7) is 7.46. The average molecular weight is 511 g/mol. The molecule has 0 atom stereocenters. The number of nitrogens with one attached hydrogen (secondary N) is 2. The van der Waals surface area contributed by atoms with Crippen LogP contribution in [0.3, 0.4) is 0 Å². The van der Waals surface area contributed by atoms with Crippen LogP contribution in [0.5, 0.6) is 0 Å². The Balaban J connectivity index is 0.00000225. The van der Waals surface area contributed by atoms with E-state index in [0.29, 0.717) is 6.54 Å². The van der Waals surface area contributed by atoms with Gasteiger partial charge in [-0.15, -0.1) is 45.5 Å². The van der Waals surface area contributed by atoms with Crippen LogP contribution in [0.25, 0.3) is 5.65 Å². The summed E-state index contributed by atoms with van der Waals surface area (Å²) in [4.78, 5) is 8.72. The molecule has 3 aromatic heterocycles. The number of thiophene rings is 1. The van der Waals surface area contributed by atoms with E-state index < -0.39 is 0 Å². The van der Waals surface area contributed by atoms with E-state index in [0.717, 1.165) is 50.2 Å². The van der Waals surface area contributed by atoms with Gasteiger partial charge in [-0.25, -0.2) is 4.99 Å². The number of hydrogen-bond acceptors (Lipinski definition) is 5. The van der Waals surface area contributed by atoms with Crippen LogP contribution in [0.15, 0.2) is 40.8 Å². The van der Waals surface area contributed by atoms with Crippen molar-refractivity contribution in [3.63, 3.8) is 0 Å². The van der Waals surface area contributed by atoms with Gasteiger partial charge in [0.25, 0.3) is 0 Å². The molecule has 0 unspecified atom stereocenters. The molecule has 0 spiro atoms. The highest BCUT2D eigenvalue weighted by atomic mass is 127. The number of aliphatic imine (C=N–C) groups is 1. The van der Waals surface area contributed by atoms with Crippen molar-refractivity contribution in [3.8, 4) is 0 Å². The van der Waals surface area contributed by atoms with Gasteiger partial charge < -0.3 is 10.6 Å². The van der Waals surface area contributed by atoms with Gasteiger partial charge >= 0.3 is 0 Å². The van der Waals surface area contributed by atoms with Gasteiger partial charge in [-0.2, -0.15) is 0 Å². The zero-order chi connectivity index (χ0) is 18.5. The van der Waals surface area contributed by atoms with E-state index in [1.54, 1.807) is 4.88 Å². The first-order chi connectivity index (χ1) is 13.3. The van der Waals surface area contributed by atoms with Gasteiger partial charge in [-0.3, -0.25) is 9.30 Å². The molecular weight excluding hydrogens is 485 g/mol. The molecule has 1 aliphatic heterocycles. The Morgan fingerprint density at radius 2 is 2.18 bits per heavy atom. The fourth-order valence-corrected chi connectivity index (χ4v) is 4.21. The van der Waals surface area contributed by atoms with E-state index in [4.69, 9.17) is 0 Å².